The van der Waals surface area contributed by atoms with Gasteiger partial charge in [-0.25, -0.2) is 0 Å². The highest BCUT2D eigenvalue weighted by molar-refractivity contribution is 5.79. The van der Waals surface area contributed by atoms with Gasteiger partial charge >= 0.3 is 0 Å². The number of nitrogens with zero attached hydrogens (tertiary/aromatic N) is 3. The van der Waals surface area contributed by atoms with E-state index in [9.17, 15) is 0 Å². The number of methoxy groups -OCH3 is 2. The Bertz CT molecular complexity index is 751. The summed E-state index contributed by atoms with van der Waals surface area (Å²) in [6.45, 7) is 8.09. The Balaban J connectivity index is 2.08. The molecule has 148 valence electrons. The molecular formula is C20H30N4O3. The maximum atomic E-state index is 5.50. The SMILES string of the molecule is CCNC(=NCCc1c(C)noc1C)N(C)Cc1ccc(OC)cc1OC. The number of aryl methyl sites for hydroxylation is 2. The van der Waals surface area contributed by atoms with Gasteiger partial charge in [-0.15, -0.1) is 0 Å². The zero-order chi connectivity index (χ0) is 19.8. The Hall–Kier alpha value is -2.70. The average Bonchev–Trinajstić information content (AvgIpc) is 2.99. The van der Waals surface area contributed by atoms with E-state index in [-0.39, 0.29) is 0 Å². The fourth-order valence-corrected chi connectivity index (χ4v) is 2.91. The average molecular weight is 374 g/mol. The fourth-order valence-electron chi connectivity index (χ4n) is 2.91. The molecule has 27 heavy (non-hydrogen) atoms. The Morgan fingerprint density at radius 1 is 1.26 bits per heavy atom. The summed E-state index contributed by atoms with van der Waals surface area (Å²) in [7, 11) is 5.33. The zero-order valence-electron chi connectivity index (χ0n) is 17.1. The summed E-state index contributed by atoms with van der Waals surface area (Å²) >= 11 is 0. The second-order valence-electron chi connectivity index (χ2n) is 6.32. The van der Waals surface area contributed by atoms with Gasteiger partial charge in [0, 0.05) is 43.9 Å². The summed E-state index contributed by atoms with van der Waals surface area (Å²) in [5.41, 5.74) is 3.13. The Morgan fingerprint density at radius 3 is 2.63 bits per heavy atom. The minimum Gasteiger partial charge on any atom is -0.497 e. The molecule has 0 spiro atoms. The topological polar surface area (TPSA) is 72.1 Å². The lowest BCUT2D eigenvalue weighted by Gasteiger charge is -2.23. The molecular weight excluding hydrogens is 344 g/mol. The monoisotopic (exact) mass is 374 g/mol. The Labute approximate surface area is 161 Å². The van der Waals surface area contributed by atoms with Gasteiger partial charge in [-0.3, -0.25) is 4.99 Å². The first-order valence-corrected chi connectivity index (χ1v) is 9.12. The summed E-state index contributed by atoms with van der Waals surface area (Å²) in [5, 5.41) is 7.34. The number of hydrogen-bond acceptors (Lipinski definition) is 5. The van der Waals surface area contributed by atoms with E-state index in [1.165, 1.54) is 0 Å². The highest BCUT2D eigenvalue weighted by Gasteiger charge is 2.12. The molecule has 7 nitrogen and oxygen atoms in total. The molecule has 7 heteroatoms. The van der Waals surface area contributed by atoms with Gasteiger partial charge in [0.1, 0.15) is 17.3 Å². The van der Waals surface area contributed by atoms with Crippen molar-refractivity contribution >= 4 is 5.96 Å². The standard InChI is InChI=1S/C20H30N4O3/c1-7-21-20(22-11-10-18-14(2)23-27-15(18)3)24(4)13-16-8-9-17(25-5)12-19(16)26-6/h8-9,12H,7,10-11,13H2,1-6H3,(H,21,22). The van der Waals surface area contributed by atoms with E-state index in [2.05, 4.69) is 22.3 Å². The first-order chi connectivity index (χ1) is 13.0. The number of benzene rings is 1. The van der Waals surface area contributed by atoms with Crippen molar-refractivity contribution in [2.24, 2.45) is 4.99 Å². The van der Waals surface area contributed by atoms with E-state index >= 15 is 0 Å². The molecule has 0 fully saturated rings. The zero-order valence-corrected chi connectivity index (χ0v) is 17.1. The van der Waals surface area contributed by atoms with Crippen molar-refractivity contribution in [3.05, 3.63) is 40.8 Å². The maximum Gasteiger partial charge on any atom is 0.193 e. The number of rotatable bonds is 8. The van der Waals surface area contributed by atoms with Crippen molar-refractivity contribution < 1.29 is 14.0 Å². The lowest BCUT2D eigenvalue weighted by molar-refractivity contribution is 0.382. The Morgan fingerprint density at radius 2 is 2.04 bits per heavy atom. The molecule has 1 N–H and O–H groups in total. The van der Waals surface area contributed by atoms with Gasteiger partial charge < -0.3 is 24.2 Å². The van der Waals surface area contributed by atoms with Crippen molar-refractivity contribution in [1.82, 2.24) is 15.4 Å². The summed E-state index contributed by atoms with van der Waals surface area (Å²) in [5.74, 6) is 3.29. The van der Waals surface area contributed by atoms with E-state index in [0.29, 0.717) is 13.1 Å². The third kappa shape index (κ3) is 5.39. The second kappa shape index (κ2) is 9.85. The van der Waals surface area contributed by atoms with Gasteiger partial charge in [0.15, 0.2) is 5.96 Å². The van der Waals surface area contributed by atoms with Crippen molar-refractivity contribution in [3.8, 4) is 11.5 Å². The maximum absolute atomic E-state index is 5.50. The molecule has 2 rings (SSSR count). The molecule has 0 bridgehead atoms. The van der Waals surface area contributed by atoms with Crippen molar-refractivity contribution in [3.63, 3.8) is 0 Å². The molecule has 1 aromatic heterocycles. The van der Waals surface area contributed by atoms with Crippen LogP contribution in [0.3, 0.4) is 0 Å². The predicted molar refractivity (Wildman–Crippen MR) is 107 cm³/mol. The van der Waals surface area contributed by atoms with Crippen LogP contribution in [0.1, 0.15) is 29.5 Å². The van der Waals surface area contributed by atoms with E-state index in [1.807, 2.05) is 39.1 Å². The number of ether oxygens (including phenoxy) is 2. The van der Waals surface area contributed by atoms with Gasteiger partial charge in [0.25, 0.3) is 0 Å². The van der Waals surface area contributed by atoms with Gasteiger partial charge in [-0.05, 0) is 39.3 Å². The summed E-state index contributed by atoms with van der Waals surface area (Å²) in [4.78, 5) is 6.84. The molecule has 0 saturated carbocycles. The molecule has 1 aromatic carbocycles. The highest BCUT2D eigenvalue weighted by Crippen LogP contribution is 2.25. The number of guanidine groups is 1. The normalized spacial score (nSPS) is 11.4. The van der Waals surface area contributed by atoms with Crippen LogP contribution in [0.25, 0.3) is 0 Å². The highest BCUT2D eigenvalue weighted by atomic mass is 16.5. The van der Waals surface area contributed by atoms with Gasteiger partial charge in [0.05, 0.1) is 19.9 Å². The van der Waals surface area contributed by atoms with E-state index in [4.69, 9.17) is 19.0 Å². The molecule has 0 amide bonds. The fraction of sp³-hybridized carbons (Fsp3) is 0.500. The third-order valence-corrected chi connectivity index (χ3v) is 4.40. The van der Waals surface area contributed by atoms with Crippen molar-refractivity contribution in [2.75, 3.05) is 34.4 Å². The van der Waals surface area contributed by atoms with Crippen molar-refractivity contribution in [1.29, 1.82) is 0 Å². The van der Waals surface area contributed by atoms with Crippen molar-refractivity contribution in [2.45, 2.75) is 33.7 Å². The smallest absolute Gasteiger partial charge is 0.193 e. The van der Waals surface area contributed by atoms with Gasteiger partial charge in [0.2, 0.25) is 0 Å². The molecule has 0 unspecified atom stereocenters. The summed E-state index contributed by atoms with van der Waals surface area (Å²) < 4.78 is 16.0. The predicted octanol–water partition coefficient (Wildman–Crippen LogP) is 2.95. The largest absolute Gasteiger partial charge is 0.497 e. The number of aromatic nitrogens is 1. The van der Waals surface area contributed by atoms with Crippen LogP contribution in [0.2, 0.25) is 0 Å². The van der Waals surface area contributed by atoms with Crippen LogP contribution in [0.5, 0.6) is 11.5 Å². The van der Waals surface area contributed by atoms with Crippen LogP contribution >= 0.6 is 0 Å². The molecule has 0 atom stereocenters. The van der Waals surface area contributed by atoms with Gasteiger partial charge in [-0.2, -0.15) is 0 Å². The quantitative estimate of drug-likeness (QED) is 0.566. The first kappa shape index (κ1) is 20.6. The van der Waals surface area contributed by atoms with Crippen LogP contribution < -0.4 is 14.8 Å². The number of aliphatic imine (C=N–C) groups is 1. The van der Waals surface area contributed by atoms with Crippen LogP contribution in [-0.2, 0) is 13.0 Å². The number of hydrogen-bond donors (Lipinski definition) is 1. The van der Waals surface area contributed by atoms with E-state index < -0.39 is 0 Å². The van der Waals surface area contributed by atoms with Crippen LogP contribution in [0, 0.1) is 13.8 Å². The summed E-state index contributed by atoms with van der Waals surface area (Å²) in [6, 6.07) is 5.85. The minimum atomic E-state index is 0.662. The lowest BCUT2D eigenvalue weighted by atomic mass is 10.1. The molecule has 2 aromatic rings. The minimum absolute atomic E-state index is 0.662. The number of nitrogens with one attached hydrogen (secondary N) is 1. The molecule has 0 saturated heterocycles. The first-order valence-electron chi connectivity index (χ1n) is 9.12. The second-order valence-corrected chi connectivity index (χ2v) is 6.32. The molecule has 1 heterocycles. The van der Waals surface area contributed by atoms with Crippen LogP contribution in [0.15, 0.2) is 27.7 Å². The van der Waals surface area contributed by atoms with Crippen LogP contribution in [-0.4, -0.2) is 50.4 Å². The van der Waals surface area contributed by atoms with E-state index in [1.54, 1.807) is 14.2 Å². The lowest BCUT2D eigenvalue weighted by Crippen LogP contribution is -2.38. The molecule has 0 radical (unpaired) electrons. The molecule has 0 aliphatic carbocycles. The third-order valence-electron chi connectivity index (χ3n) is 4.40. The van der Waals surface area contributed by atoms with Crippen LogP contribution in [0.4, 0.5) is 0 Å². The van der Waals surface area contributed by atoms with Gasteiger partial charge in [-0.1, -0.05) is 5.16 Å². The molecule has 0 aliphatic rings. The van der Waals surface area contributed by atoms with E-state index in [0.717, 1.165) is 53.0 Å². The molecule has 0 aliphatic heterocycles. The summed E-state index contributed by atoms with van der Waals surface area (Å²) in [6.07, 6.45) is 0.801. The Kier molecular flexibility index (Phi) is 7.52.